The molecule has 0 saturated heterocycles. The quantitative estimate of drug-likeness (QED) is 0.659. The zero-order chi connectivity index (χ0) is 15.5. The van der Waals surface area contributed by atoms with Gasteiger partial charge in [0.1, 0.15) is 0 Å². The molecular weight excluding hydrogens is 258 g/mol. The Morgan fingerprint density at radius 2 is 2.05 bits per heavy atom. The Bertz CT molecular complexity index is 526. The van der Waals surface area contributed by atoms with Crippen molar-refractivity contribution in [1.82, 2.24) is 4.90 Å². The molecule has 6 nitrogen and oxygen atoms in total. The summed E-state index contributed by atoms with van der Waals surface area (Å²) < 4.78 is 0. The first-order valence-electron chi connectivity index (χ1n) is 6.38. The molecule has 0 atom stereocenters. The number of benzene rings is 1. The van der Waals surface area contributed by atoms with E-state index in [1.165, 1.54) is 12.1 Å². The summed E-state index contributed by atoms with van der Waals surface area (Å²) in [7, 11) is 1.70. The fourth-order valence-corrected chi connectivity index (χ4v) is 1.99. The van der Waals surface area contributed by atoms with Crippen LogP contribution in [0.25, 0.3) is 0 Å². The maximum atomic E-state index is 12.3. The van der Waals surface area contributed by atoms with Gasteiger partial charge in [-0.15, -0.1) is 0 Å². The van der Waals surface area contributed by atoms with Crippen molar-refractivity contribution in [2.24, 2.45) is 11.1 Å². The van der Waals surface area contributed by atoms with Crippen LogP contribution < -0.4 is 5.73 Å². The van der Waals surface area contributed by atoms with E-state index < -0.39 is 4.92 Å². The minimum Gasteiger partial charge on any atom is -0.341 e. The summed E-state index contributed by atoms with van der Waals surface area (Å²) in [6.45, 7) is 6.59. The van der Waals surface area contributed by atoms with Gasteiger partial charge in [0.2, 0.25) is 0 Å². The number of nitro groups is 1. The lowest BCUT2D eigenvalue weighted by Crippen LogP contribution is -2.39. The van der Waals surface area contributed by atoms with E-state index >= 15 is 0 Å². The Balaban J connectivity index is 2.93. The Morgan fingerprint density at radius 1 is 1.45 bits per heavy atom. The third-order valence-electron chi connectivity index (χ3n) is 3.20. The first-order valence-corrected chi connectivity index (χ1v) is 6.38. The number of carbonyl (C=O) groups is 1. The Hall–Kier alpha value is -1.95. The summed E-state index contributed by atoms with van der Waals surface area (Å²) in [5.74, 6) is -0.162. The maximum absolute atomic E-state index is 12.3. The highest BCUT2D eigenvalue weighted by molar-refractivity contribution is 5.94. The van der Waals surface area contributed by atoms with Crippen LogP contribution in [0.5, 0.6) is 0 Å². The zero-order valence-corrected chi connectivity index (χ0v) is 12.3. The van der Waals surface area contributed by atoms with E-state index in [4.69, 9.17) is 5.73 Å². The van der Waals surface area contributed by atoms with Crippen molar-refractivity contribution in [3.05, 3.63) is 39.4 Å². The van der Waals surface area contributed by atoms with Crippen molar-refractivity contribution in [3.8, 4) is 0 Å². The van der Waals surface area contributed by atoms with Crippen molar-refractivity contribution >= 4 is 11.6 Å². The van der Waals surface area contributed by atoms with E-state index in [0.29, 0.717) is 24.2 Å². The van der Waals surface area contributed by atoms with Gasteiger partial charge in [-0.3, -0.25) is 14.9 Å². The molecule has 1 aromatic rings. The van der Waals surface area contributed by atoms with Gasteiger partial charge < -0.3 is 10.6 Å². The highest BCUT2D eigenvalue weighted by Crippen LogP contribution is 2.21. The number of rotatable bonds is 5. The average Bonchev–Trinajstić information content (AvgIpc) is 2.36. The number of hydrogen-bond acceptors (Lipinski definition) is 4. The minimum absolute atomic E-state index is 0.0199. The highest BCUT2D eigenvalue weighted by Gasteiger charge is 2.22. The van der Waals surface area contributed by atoms with Crippen LogP contribution in [0.2, 0.25) is 0 Å². The fourth-order valence-electron chi connectivity index (χ4n) is 1.99. The standard InChI is InChI=1S/C14H21N3O3/c1-10-7-11(5-6-12(10)17(19)20)13(18)16(4)9-14(2,3)8-15/h5-7H,8-9,15H2,1-4H3. The van der Waals surface area contributed by atoms with Crippen molar-refractivity contribution in [2.75, 3.05) is 20.1 Å². The summed E-state index contributed by atoms with van der Waals surface area (Å²) in [4.78, 5) is 24.2. The van der Waals surface area contributed by atoms with E-state index in [9.17, 15) is 14.9 Å². The van der Waals surface area contributed by atoms with Crippen molar-refractivity contribution in [2.45, 2.75) is 20.8 Å². The second-order valence-electron chi connectivity index (χ2n) is 5.79. The smallest absolute Gasteiger partial charge is 0.272 e. The number of nitrogens with zero attached hydrogens (tertiary/aromatic N) is 2. The molecule has 2 N–H and O–H groups in total. The lowest BCUT2D eigenvalue weighted by Gasteiger charge is -2.29. The molecule has 0 saturated carbocycles. The molecule has 0 aliphatic heterocycles. The predicted octanol–water partition coefficient (Wildman–Crippen LogP) is 1.96. The van der Waals surface area contributed by atoms with Crippen LogP contribution >= 0.6 is 0 Å². The third-order valence-corrected chi connectivity index (χ3v) is 3.20. The van der Waals surface area contributed by atoms with E-state index in [1.807, 2.05) is 13.8 Å². The maximum Gasteiger partial charge on any atom is 0.272 e. The Labute approximate surface area is 118 Å². The van der Waals surface area contributed by atoms with Gasteiger partial charge in [-0.25, -0.2) is 0 Å². The molecule has 0 aliphatic rings. The number of amides is 1. The molecule has 0 spiro atoms. The van der Waals surface area contributed by atoms with Gasteiger partial charge in [-0.1, -0.05) is 13.8 Å². The topological polar surface area (TPSA) is 89.5 Å². The summed E-state index contributed by atoms with van der Waals surface area (Å²) in [5, 5.41) is 10.8. The lowest BCUT2D eigenvalue weighted by atomic mass is 9.93. The summed E-state index contributed by atoms with van der Waals surface area (Å²) in [5.41, 5.74) is 6.44. The van der Waals surface area contributed by atoms with E-state index in [1.54, 1.807) is 24.9 Å². The van der Waals surface area contributed by atoms with E-state index in [-0.39, 0.29) is 17.0 Å². The predicted molar refractivity (Wildman–Crippen MR) is 77.6 cm³/mol. The molecule has 0 radical (unpaired) electrons. The first-order chi connectivity index (χ1) is 9.18. The van der Waals surface area contributed by atoms with Crippen LogP contribution in [-0.2, 0) is 0 Å². The second-order valence-corrected chi connectivity index (χ2v) is 5.79. The molecule has 6 heteroatoms. The van der Waals surface area contributed by atoms with Gasteiger partial charge in [-0.05, 0) is 31.0 Å². The molecule has 0 aromatic heterocycles. The van der Waals surface area contributed by atoms with Gasteiger partial charge in [0.15, 0.2) is 0 Å². The molecule has 1 rings (SSSR count). The Morgan fingerprint density at radius 3 is 2.50 bits per heavy atom. The number of carbonyl (C=O) groups excluding carboxylic acids is 1. The summed E-state index contributed by atoms with van der Waals surface area (Å²) >= 11 is 0. The number of nitrogens with two attached hydrogens (primary N) is 1. The SMILES string of the molecule is Cc1cc(C(=O)N(C)CC(C)(C)CN)ccc1[N+](=O)[O-]. The number of aryl methyl sites for hydroxylation is 1. The lowest BCUT2D eigenvalue weighted by molar-refractivity contribution is -0.385. The second kappa shape index (κ2) is 6.00. The molecule has 110 valence electrons. The van der Waals surface area contributed by atoms with Gasteiger partial charge in [0.05, 0.1) is 4.92 Å². The van der Waals surface area contributed by atoms with Crippen LogP contribution in [0.1, 0.15) is 29.8 Å². The molecule has 0 unspecified atom stereocenters. The van der Waals surface area contributed by atoms with Crippen LogP contribution in [0, 0.1) is 22.5 Å². The minimum atomic E-state index is -0.454. The van der Waals surface area contributed by atoms with Crippen LogP contribution in [0.4, 0.5) is 5.69 Å². The normalized spacial score (nSPS) is 11.2. The molecule has 20 heavy (non-hydrogen) atoms. The van der Waals surface area contributed by atoms with Crippen molar-refractivity contribution in [3.63, 3.8) is 0 Å². The van der Waals surface area contributed by atoms with Gasteiger partial charge in [-0.2, -0.15) is 0 Å². The largest absolute Gasteiger partial charge is 0.341 e. The summed E-state index contributed by atoms with van der Waals surface area (Å²) in [6.07, 6.45) is 0. The zero-order valence-electron chi connectivity index (χ0n) is 12.3. The van der Waals surface area contributed by atoms with Gasteiger partial charge in [0.25, 0.3) is 11.6 Å². The Kier molecular flexibility index (Phi) is 4.83. The third kappa shape index (κ3) is 3.77. The number of nitro benzene ring substituents is 1. The highest BCUT2D eigenvalue weighted by atomic mass is 16.6. The molecular formula is C14H21N3O3. The van der Waals surface area contributed by atoms with Gasteiger partial charge in [0, 0.05) is 30.8 Å². The molecule has 0 bridgehead atoms. The number of hydrogen-bond donors (Lipinski definition) is 1. The van der Waals surface area contributed by atoms with Crippen LogP contribution in [-0.4, -0.2) is 35.9 Å². The molecule has 1 aromatic carbocycles. The van der Waals surface area contributed by atoms with E-state index in [0.717, 1.165) is 0 Å². The van der Waals surface area contributed by atoms with Gasteiger partial charge >= 0.3 is 0 Å². The first kappa shape index (κ1) is 16.1. The van der Waals surface area contributed by atoms with Crippen molar-refractivity contribution < 1.29 is 9.72 Å². The molecule has 0 heterocycles. The van der Waals surface area contributed by atoms with Crippen LogP contribution in [0.3, 0.4) is 0 Å². The van der Waals surface area contributed by atoms with Crippen LogP contribution in [0.15, 0.2) is 18.2 Å². The summed E-state index contributed by atoms with van der Waals surface area (Å²) in [6, 6.07) is 4.40. The van der Waals surface area contributed by atoms with E-state index in [2.05, 4.69) is 0 Å². The van der Waals surface area contributed by atoms with Crippen molar-refractivity contribution in [1.29, 1.82) is 0 Å². The monoisotopic (exact) mass is 279 g/mol. The molecule has 0 fully saturated rings. The fraction of sp³-hybridized carbons (Fsp3) is 0.500. The molecule has 0 aliphatic carbocycles. The molecule has 1 amide bonds. The average molecular weight is 279 g/mol.